The van der Waals surface area contributed by atoms with Gasteiger partial charge < -0.3 is 14.9 Å². The molecule has 0 fully saturated rings. The quantitative estimate of drug-likeness (QED) is 0.614. The first-order valence-corrected chi connectivity index (χ1v) is 9.43. The lowest BCUT2D eigenvalue weighted by Gasteiger charge is -2.42. The van der Waals surface area contributed by atoms with Crippen LogP contribution in [0.3, 0.4) is 0 Å². The van der Waals surface area contributed by atoms with Gasteiger partial charge in [-0.1, -0.05) is 41.5 Å². The number of hydrogen-bond acceptors (Lipinski definition) is 3. The molecule has 3 nitrogen and oxygen atoms in total. The molecule has 1 radical (unpaired) electrons. The zero-order chi connectivity index (χ0) is 15.5. The molecule has 4 heteroatoms. The van der Waals surface area contributed by atoms with Crippen LogP contribution in [-0.2, 0) is 0 Å². The van der Waals surface area contributed by atoms with E-state index in [1.165, 1.54) is 0 Å². The molecule has 20 heavy (non-hydrogen) atoms. The summed E-state index contributed by atoms with van der Waals surface area (Å²) in [7, 11) is -0.340. The average molecular weight is 294 g/mol. The maximum atomic E-state index is 6.60. The Bertz CT molecular complexity index is 422. The molecule has 1 rings (SSSR count). The Balaban J connectivity index is 3.29. The van der Waals surface area contributed by atoms with Gasteiger partial charge in [-0.15, -0.1) is 0 Å². The number of nitrogen functional groups attached to an aromatic ring is 1. The summed E-state index contributed by atoms with van der Waals surface area (Å²) in [6.07, 6.45) is 0. The summed E-state index contributed by atoms with van der Waals surface area (Å²) in [6.45, 7) is 13.6. The Hall–Kier alpha value is -1.16. The molecule has 0 heterocycles. The fourth-order valence-electron chi connectivity index (χ4n) is 3.26. The van der Waals surface area contributed by atoms with Crippen molar-refractivity contribution in [2.45, 2.75) is 58.2 Å². The van der Waals surface area contributed by atoms with Gasteiger partial charge in [-0.05, 0) is 22.7 Å². The number of benzene rings is 1. The zero-order valence-electron chi connectivity index (χ0n) is 13.8. The van der Waals surface area contributed by atoms with Gasteiger partial charge in [0.25, 0.3) is 8.32 Å². The van der Waals surface area contributed by atoms with Crippen molar-refractivity contribution in [2.24, 2.45) is 0 Å². The van der Waals surface area contributed by atoms with Gasteiger partial charge >= 0.3 is 0 Å². The van der Waals surface area contributed by atoms with E-state index in [-0.39, 0.29) is 0 Å². The first-order chi connectivity index (χ1) is 9.25. The summed E-state index contributed by atoms with van der Waals surface area (Å²) in [5.41, 5.74) is 7.97. The van der Waals surface area contributed by atoms with Crippen LogP contribution in [0.5, 0.6) is 11.5 Å². The van der Waals surface area contributed by atoms with E-state index in [0.717, 1.165) is 5.75 Å². The van der Waals surface area contributed by atoms with Gasteiger partial charge in [-0.25, -0.2) is 0 Å². The molecule has 1 aromatic carbocycles. The van der Waals surface area contributed by atoms with Crippen LogP contribution in [0.25, 0.3) is 0 Å². The molecular weight excluding hydrogens is 266 g/mol. The Morgan fingerprint density at radius 3 is 1.90 bits per heavy atom. The molecule has 0 bridgehead atoms. The van der Waals surface area contributed by atoms with E-state index >= 15 is 0 Å². The van der Waals surface area contributed by atoms with Crippen LogP contribution in [0, 0.1) is 6.07 Å². The van der Waals surface area contributed by atoms with E-state index in [2.05, 4.69) is 47.6 Å². The van der Waals surface area contributed by atoms with Crippen molar-refractivity contribution < 1.29 is 9.16 Å². The highest BCUT2D eigenvalue weighted by Gasteiger charge is 2.47. The van der Waals surface area contributed by atoms with E-state index in [9.17, 15) is 0 Å². The van der Waals surface area contributed by atoms with Crippen molar-refractivity contribution in [3.8, 4) is 11.5 Å². The maximum absolute atomic E-state index is 6.60. The number of anilines is 1. The molecule has 0 aromatic heterocycles. The Morgan fingerprint density at radius 2 is 1.50 bits per heavy atom. The van der Waals surface area contributed by atoms with Crippen molar-refractivity contribution in [3.05, 3.63) is 18.2 Å². The molecule has 0 aliphatic carbocycles. The first kappa shape index (κ1) is 16.9. The number of rotatable bonds is 6. The molecule has 0 spiro atoms. The van der Waals surface area contributed by atoms with Crippen LogP contribution in [0.4, 0.5) is 5.69 Å². The third kappa shape index (κ3) is 3.11. The SMILES string of the molecule is COc1c[c]c(N)cc1O[Si](C(C)C)(C(C)C)C(C)C. The Kier molecular flexibility index (Phi) is 5.51. The largest absolute Gasteiger partial charge is 0.540 e. The number of hydrogen-bond donors (Lipinski definition) is 1. The summed E-state index contributed by atoms with van der Waals surface area (Å²) in [4.78, 5) is 0. The second-order valence-corrected chi connectivity index (χ2v) is 11.6. The fraction of sp³-hybridized carbons (Fsp3) is 0.625. The minimum Gasteiger partial charge on any atom is -0.540 e. The van der Waals surface area contributed by atoms with Gasteiger partial charge in [0.1, 0.15) is 5.75 Å². The predicted octanol–water partition coefficient (Wildman–Crippen LogP) is 4.63. The van der Waals surface area contributed by atoms with Crippen LogP contribution in [0.1, 0.15) is 41.5 Å². The summed E-state index contributed by atoms with van der Waals surface area (Å²) in [5, 5.41) is 0. The molecule has 0 aliphatic rings. The van der Waals surface area contributed by atoms with Crippen LogP contribution < -0.4 is 14.9 Å². The van der Waals surface area contributed by atoms with Crippen molar-refractivity contribution in [1.29, 1.82) is 0 Å². The fourth-order valence-corrected chi connectivity index (χ4v) is 8.50. The van der Waals surface area contributed by atoms with E-state index in [4.69, 9.17) is 14.9 Å². The average Bonchev–Trinajstić information content (AvgIpc) is 2.34. The molecule has 0 atom stereocenters. The van der Waals surface area contributed by atoms with Gasteiger partial charge in [0, 0.05) is 17.8 Å². The van der Waals surface area contributed by atoms with Crippen molar-refractivity contribution in [3.63, 3.8) is 0 Å². The Labute approximate surface area is 124 Å². The smallest absolute Gasteiger partial charge is 0.258 e. The standard InChI is InChI=1S/C16H28NO2Si/c1-11(2)20(12(3)4,13(5)6)19-16-10-14(17)8-9-15(16)18-7/h9-13H,17H2,1-7H3. The van der Waals surface area contributed by atoms with Crippen LogP contribution >= 0.6 is 0 Å². The topological polar surface area (TPSA) is 44.5 Å². The van der Waals surface area contributed by atoms with E-state index in [1.54, 1.807) is 13.2 Å². The normalized spacial score (nSPS) is 12.3. The monoisotopic (exact) mass is 294 g/mol. The number of ether oxygens (including phenoxy) is 1. The summed E-state index contributed by atoms with van der Waals surface area (Å²) in [5.74, 6) is 1.46. The van der Waals surface area contributed by atoms with Gasteiger partial charge in [0.05, 0.1) is 7.11 Å². The summed E-state index contributed by atoms with van der Waals surface area (Å²) in [6, 6.07) is 6.53. The molecular formula is C16H28NO2Si. The van der Waals surface area contributed by atoms with Crippen molar-refractivity contribution in [1.82, 2.24) is 0 Å². The second-order valence-electron chi connectivity index (χ2n) is 6.24. The first-order valence-electron chi connectivity index (χ1n) is 7.29. The molecule has 0 unspecified atom stereocenters. The third-order valence-corrected chi connectivity index (χ3v) is 10.1. The van der Waals surface area contributed by atoms with E-state index in [0.29, 0.717) is 28.1 Å². The minimum absolute atomic E-state index is 0.512. The molecule has 113 valence electrons. The van der Waals surface area contributed by atoms with Crippen LogP contribution in [0.15, 0.2) is 12.1 Å². The zero-order valence-corrected chi connectivity index (χ0v) is 14.8. The molecule has 1 aromatic rings. The number of methoxy groups -OCH3 is 1. The van der Waals surface area contributed by atoms with E-state index in [1.807, 2.05) is 6.07 Å². The van der Waals surface area contributed by atoms with Gasteiger partial charge in [0.2, 0.25) is 0 Å². The predicted molar refractivity (Wildman–Crippen MR) is 87.9 cm³/mol. The summed E-state index contributed by atoms with van der Waals surface area (Å²) >= 11 is 0. The second kappa shape index (κ2) is 6.53. The lowest BCUT2D eigenvalue weighted by atomic mass is 10.3. The highest BCUT2D eigenvalue weighted by atomic mass is 28.4. The molecule has 0 saturated carbocycles. The molecule has 0 aliphatic heterocycles. The van der Waals surface area contributed by atoms with Crippen LogP contribution in [0.2, 0.25) is 16.6 Å². The minimum atomic E-state index is -1.99. The van der Waals surface area contributed by atoms with Crippen LogP contribution in [-0.4, -0.2) is 15.4 Å². The molecule has 0 amide bonds. The lowest BCUT2D eigenvalue weighted by Crippen LogP contribution is -2.50. The Morgan fingerprint density at radius 1 is 1.00 bits per heavy atom. The maximum Gasteiger partial charge on any atom is 0.258 e. The van der Waals surface area contributed by atoms with Gasteiger partial charge in [0.15, 0.2) is 5.75 Å². The lowest BCUT2D eigenvalue weighted by molar-refractivity contribution is 0.383. The van der Waals surface area contributed by atoms with Crippen molar-refractivity contribution in [2.75, 3.05) is 12.8 Å². The third-order valence-electron chi connectivity index (χ3n) is 4.11. The number of nitrogens with two attached hydrogens (primary N) is 1. The van der Waals surface area contributed by atoms with Gasteiger partial charge in [-0.2, -0.15) is 0 Å². The van der Waals surface area contributed by atoms with E-state index < -0.39 is 8.32 Å². The summed E-state index contributed by atoms with van der Waals surface area (Å²) < 4.78 is 12.0. The molecule has 0 saturated heterocycles. The highest BCUT2D eigenvalue weighted by Crippen LogP contribution is 2.44. The highest BCUT2D eigenvalue weighted by molar-refractivity contribution is 6.78. The van der Waals surface area contributed by atoms with Crippen molar-refractivity contribution >= 4 is 14.0 Å². The van der Waals surface area contributed by atoms with Gasteiger partial charge in [-0.3, -0.25) is 0 Å². The molecule has 2 N–H and O–H groups in total.